The van der Waals surface area contributed by atoms with Crippen molar-refractivity contribution in [2.75, 3.05) is 33.0 Å². The Labute approximate surface area is 71.8 Å². The number of hydrogen-bond acceptors (Lipinski definition) is 5. The van der Waals surface area contributed by atoms with Crippen LogP contribution < -0.4 is 0 Å². The molecule has 0 aliphatic heterocycles. The minimum atomic E-state index is -0.192. The molecule has 0 aromatic rings. The topological polar surface area (TPSA) is 68.2 Å². The van der Waals surface area contributed by atoms with E-state index >= 15 is 0 Å². The first-order valence-electron chi connectivity index (χ1n) is 3.89. The largest absolute Gasteiger partial charge is 0.394 e. The van der Waals surface area contributed by atoms with E-state index in [4.69, 9.17) is 19.8 Å². The molecule has 1 atom stereocenters. The van der Waals surface area contributed by atoms with Gasteiger partial charge in [-0.3, -0.25) is 0 Å². The first-order valence-corrected chi connectivity index (χ1v) is 3.89. The van der Waals surface area contributed by atoms with Crippen LogP contribution in [0.4, 0.5) is 0 Å². The van der Waals surface area contributed by atoms with Gasteiger partial charge in [0.25, 0.3) is 0 Å². The fourth-order valence-electron chi connectivity index (χ4n) is 0.543. The molecule has 0 aromatic heterocycles. The second-order valence-electron chi connectivity index (χ2n) is 2.25. The lowest BCUT2D eigenvalue weighted by molar-refractivity contribution is -0.329. The maximum absolute atomic E-state index is 8.36. The van der Waals surface area contributed by atoms with Gasteiger partial charge in [-0.2, -0.15) is 0 Å². The molecule has 0 heterocycles. The third-order valence-electron chi connectivity index (χ3n) is 0.995. The highest BCUT2D eigenvalue weighted by Crippen LogP contribution is 1.92. The van der Waals surface area contributed by atoms with Crippen molar-refractivity contribution in [3.8, 4) is 0 Å². The smallest absolute Gasteiger partial charge is 0.113 e. The van der Waals surface area contributed by atoms with Crippen molar-refractivity contribution in [1.82, 2.24) is 0 Å². The van der Waals surface area contributed by atoms with Crippen molar-refractivity contribution in [2.24, 2.45) is 0 Å². The van der Waals surface area contributed by atoms with Crippen molar-refractivity contribution in [1.29, 1.82) is 0 Å². The van der Waals surface area contributed by atoms with Crippen LogP contribution >= 0.6 is 0 Å². The summed E-state index contributed by atoms with van der Waals surface area (Å²) < 4.78 is 4.96. The van der Waals surface area contributed by atoms with E-state index in [0.717, 1.165) is 0 Å². The van der Waals surface area contributed by atoms with Gasteiger partial charge in [-0.25, -0.2) is 9.78 Å². The number of rotatable bonds is 8. The molecule has 0 bridgehead atoms. The number of aliphatic hydroxyl groups is 2. The monoisotopic (exact) mass is 180 g/mol. The zero-order chi connectivity index (χ0) is 9.23. The van der Waals surface area contributed by atoms with Crippen LogP contribution in [0.3, 0.4) is 0 Å². The van der Waals surface area contributed by atoms with Crippen LogP contribution in [-0.4, -0.2) is 49.4 Å². The highest BCUT2D eigenvalue weighted by molar-refractivity contribution is 4.42. The quantitative estimate of drug-likeness (QED) is 0.294. The SMILES string of the molecule is CC(COCCO)OOCCO. The molecule has 0 radical (unpaired) electrons. The molecule has 2 N–H and O–H groups in total. The lowest BCUT2D eigenvalue weighted by Crippen LogP contribution is -2.18. The molecule has 0 spiro atoms. The second-order valence-corrected chi connectivity index (χ2v) is 2.25. The lowest BCUT2D eigenvalue weighted by atomic mass is 10.4. The third-order valence-corrected chi connectivity index (χ3v) is 0.995. The Morgan fingerprint density at radius 3 is 2.42 bits per heavy atom. The van der Waals surface area contributed by atoms with Gasteiger partial charge in [0.15, 0.2) is 0 Å². The maximum Gasteiger partial charge on any atom is 0.113 e. The fraction of sp³-hybridized carbons (Fsp3) is 1.00. The molecule has 0 rings (SSSR count). The van der Waals surface area contributed by atoms with E-state index in [1.807, 2.05) is 0 Å². The van der Waals surface area contributed by atoms with Gasteiger partial charge in [0.05, 0.1) is 26.4 Å². The molecule has 0 fully saturated rings. The molecule has 12 heavy (non-hydrogen) atoms. The lowest BCUT2D eigenvalue weighted by Gasteiger charge is -2.10. The molecule has 0 amide bonds. The first-order chi connectivity index (χ1) is 5.81. The standard InChI is InChI=1S/C7H16O5/c1-7(6-10-4-2-8)12-11-5-3-9/h7-9H,2-6H2,1H3. The molecule has 1 unspecified atom stereocenters. The summed E-state index contributed by atoms with van der Waals surface area (Å²) in [5.41, 5.74) is 0. The summed E-state index contributed by atoms with van der Waals surface area (Å²) in [6.45, 7) is 2.53. The van der Waals surface area contributed by atoms with Gasteiger partial charge in [-0.15, -0.1) is 0 Å². The number of hydrogen-bond donors (Lipinski definition) is 2. The molecule has 5 heteroatoms. The summed E-state index contributed by atoms with van der Waals surface area (Å²) in [6, 6.07) is 0. The van der Waals surface area contributed by atoms with E-state index in [-0.39, 0.29) is 25.9 Å². The molecule has 0 aliphatic carbocycles. The molecule has 0 aromatic carbocycles. The van der Waals surface area contributed by atoms with Crippen LogP contribution in [0.15, 0.2) is 0 Å². The van der Waals surface area contributed by atoms with E-state index < -0.39 is 0 Å². The fourth-order valence-corrected chi connectivity index (χ4v) is 0.543. The Bertz CT molecular complexity index is 77.9. The number of ether oxygens (including phenoxy) is 1. The van der Waals surface area contributed by atoms with Crippen LogP contribution in [-0.2, 0) is 14.5 Å². The molecular formula is C7H16O5. The van der Waals surface area contributed by atoms with E-state index in [0.29, 0.717) is 13.2 Å². The van der Waals surface area contributed by atoms with E-state index in [2.05, 4.69) is 4.89 Å². The van der Waals surface area contributed by atoms with Crippen LogP contribution in [0.5, 0.6) is 0 Å². The van der Waals surface area contributed by atoms with E-state index in [9.17, 15) is 0 Å². The molecule has 0 saturated carbocycles. The van der Waals surface area contributed by atoms with Gasteiger partial charge in [-0.1, -0.05) is 0 Å². The van der Waals surface area contributed by atoms with Crippen LogP contribution in [0.2, 0.25) is 0 Å². The Morgan fingerprint density at radius 1 is 1.17 bits per heavy atom. The van der Waals surface area contributed by atoms with E-state index in [1.165, 1.54) is 0 Å². The summed E-state index contributed by atoms with van der Waals surface area (Å²) in [6.07, 6.45) is -0.192. The molecule has 0 aliphatic rings. The minimum absolute atomic E-state index is 0.00418. The Hall–Kier alpha value is -0.200. The molecule has 5 nitrogen and oxygen atoms in total. The van der Waals surface area contributed by atoms with Gasteiger partial charge in [0.1, 0.15) is 12.7 Å². The second kappa shape index (κ2) is 8.89. The summed E-state index contributed by atoms with van der Waals surface area (Å²) in [4.78, 5) is 9.35. The highest BCUT2D eigenvalue weighted by atomic mass is 17.2. The summed E-state index contributed by atoms with van der Waals surface area (Å²) in [5, 5.41) is 16.7. The van der Waals surface area contributed by atoms with Crippen molar-refractivity contribution in [3.63, 3.8) is 0 Å². The van der Waals surface area contributed by atoms with Gasteiger partial charge in [0.2, 0.25) is 0 Å². The molecular weight excluding hydrogens is 164 g/mol. The van der Waals surface area contributed by atoms with Crippen molar-refractivity contribution in [2.45, 2.75) is 13.0 Å². The Morgan fingerprint density at radius 2 is 1.83 bits per heavy atom. The summed E-state index contributed by atoms with van der Waals surface area (Å²) in [5.74, 6) is 0. The predicted octanol–water partition coefficient (Wildman–Crippen LogP) is -0.676. The van der Waals surface area contributed by atoms with Crippen molar-refractivity contribution in [3.05, 3.63) is 0 Å². The predicted molar refractivity (Wildman–Crippen MR) is 41.5 cm³/mol. The third kappa shape index (κ3) is 7.90. The normalized spacial score (nSPS) is 13.2. The Kier molecular flexibility index (Phi) is 8.74. The molecule has 0 saturated heterocycles. The van der Waals surface area contributed by atoms with Crippen LogP contribution in [0.1, 0.15) is 6.92 Å². The highest BCUT2D eigenvalue weighted by Gasteiger charge is 2.02. The van der Waals surface area contributed by atoms with Gasteiger partial charge >= 0.3 is 0 Å². The van der Waals surface area contributed by atoms with Gasteiger partial charge in [-0.05, 0) is 6.92 Å². The van der Waals surface area contributed by atoms with E-state index in [1.54, 1.807) is 6.92 Å². The maximum atomic E-state index is 8.36. The first kappa shape index (κ1) is 11.8. The van der Waals surface area contributed by atoms with Crippen molar-refractivity contribution >= 4 is 0 Å². The summed E-state index contributed by atoms with van der Waals surface area (Å²) in [7, 11) is 0. The van der Waals surface area contributed by atoms with Crippen LogP contribution in [0.25, 0.3) is 0 Å². The number of aliphatic hydroxyl groups excluding tert-OH is 2. The van der Waals surface area contributed by atoms with Gasteiger partial charge in [0, 0.05) is 0 Å². The van der Waals surface area contributed by atoms with Gasteiger partial charge < -0.3 is 14.9 Å². The zero-order valence-corrected chi connectivity index (χ0v) is 7.23. The minimum Gasteiger partial charge on any atom is -0.394 e. The zero-order valence-electron chi connectivity index (χ0n) is 7.23. The average Bonchev–Trinajstić information content (AvgIpc) is 2.06. The van der Waals surface area contributed by atoms with Crippen LogP contribution in [0, 0.1) is 0 Å². The average molecular weight is 180 g/mol. The van der Waals surface area contributed by atoms with Crippen molar-refractivity contribution < 1.29 is 24.7 Å². The molecule has 74 valence electrons. The Balaban J connectivity index is 3.04. The summed E-state index contributed by atoms with van der Waals surface area (Å²) >= 11 is 0.